The fourth-order valence-corrected chi connectivity index (χ4v) is 2.23. The third-order valence-corrected chi connectivity index (χ3v) is 3.28. The first-order chi connectivity index (χ1) is 9.16. The van der Waals surface area contributed by atoms with Crippen LogP contribution >= 0.6 is 0 Å². The van der Waals surface area contributed by atoms with Crippen molar-refractivity contribution < 1.29 is 0 Å². The largest absolute Gasteiger partial charge is 0.363 e. The fraction of sp³-hybridized carbons (Fsp3) is 0.200. The van der Waals surface area contributed by atoms with Gasteiger partial charge in [-0.1, -0.05) is 18.2 Å². The number of aromatic nitrogens is 3. The predicted molar refractivity (Wildman–Crippen MR) is 78.3 cm³/mol. The highest BCUT2D eigenvalue weighted by atomic mass is 15.2. The number of hydrogen-bond donors (Lipinski definition) is 0. The van der Waals surface area contributed by atoms with Crippen LogP contribution in [0.3, 0.4) is 0 Å². The molecule has 19 heavy (non-hydrogen) atoms. The van der Waals surface area contributed by atoms with E-state index in [1.165, 1.54) is 10.9 Å². The van der Waals surface area contributed by atoms with E-state index in [-0.39, 0.29) is 0 Å². The lowest BCUT2D eigenvalue weighted by molar-refractivity contribution is 0.950. The minimum Gasteiger partial charge on any atom is -0.363 e. The number of benzene rings is 1. The summed E-state index contributed by atoms with van der Waals surface area (Å²) in [4.78, 5) is 11.0. The van der Waals surface area contributed by atoms with Crippen LogP contribution in [-0.4, -0.2) is 28.6 Å². The highest BCUT2D eigenvalue weighted by molar-refractivity contribution is 5.85. The summed E-state index contributed by atoms with van der Waals surface area (Å²) in [6, 6.07) is 12.3. The molecular formula is C15H16N4. The first kappa shape index (κ1) is 11.7. The minimum atomic E-state index is 0.755. The average Bonchev–Trinajstić information content (AvgIpc) is 2.77. The highest BCUT2D eigenvalue weighted by Crippen LogP contribution is 2.25. The monoisotopic (exact) mass is 252 g/mol. The highest BCUT2D eigenvalue weighted by Gasteiger charge is 2.10. The molecule has 0 bridgehead atoms. The zero-order valence-electron chi connectivity index (χ0n) is 11.3. The van der Waals surface area contributed by atoms with Crippen LogP contribution in [0.5, 0.6) is 0 Å². The average molecular weight is 252 g/mol. The SMILES string of the molecule is CN(C)c1ccnc(-c2cc3ccccc3n2C)n1. The first-order valence-corrected chi connectivity index (χ1v) is 6.22. The molecule has 0 unspecified atom stereocenters. The lowest BCUT2D eigenvalue weighted by Gasteiger charge is -2.11. The third kappa shape index (κ3) is 1.95. The van der Waals surface area contributed by atoms with Crippen molar-refractivity contribution in [2.45, 2.75) is 0 Å². The van der Waals surface area contributed by atoms with Gasteiger partial charge in [0, 0.05) is 38.2 Å². The lowest BCUT2D eigenvalue weighted by atomic mass is 10.2. The van der Waals surface area contributed by atoms with E-state index in [1.54, 1.807) is 6.20 Å². The van der Waals surface area contributed by atoms with Crippen LogP contribution in [0, 0.1) is 0 Å². The summed E-state index contributed by atoms with van der Waals surface area (Å²) in [7, 11) is 6.00. The molecule has 3 rings (SSSR count). The smallest absolute Gasteiger partial charge is 0.178 e. The zero-order chi connectivity index (χ0) is 13.4. The van der Waals surface area contributed by atoms with Crippen molar-refractivity contribution >= 4 is 16.7 Å². The summed E-state index contributed by atoms with van der Waals surface area (Å²) in [6.07, 6.45) is 1.80. The van der Waals surface area contributed by atoms with Gasteiger partial charge in [0.1, 0.15) is 5.82 Å². The molecule has 0 N–H and O–H groups in total. The molecule has 2 aromatic heterocycles. The molecule has 3 aromatic rings. The van der Waals surface area contributed by atoms with Crippen molar-refractivity contribution in [1.29, 1.82) is 0 Å². The Morgan fingerprint density at radius 3 is 2.63 bits per heavy atom. The molecule has 4 nitrogen and oxygen atoms in total. The number of rotatable bonds is 2. The van der Waals surface area contributed by atoms with Gasteiger partial charge in [0.05, 0.1) is 5.69 Å². The molecule has 0 saturated carbocycles. The van der Waals surface area contributed by atoms with Crippen LogP contribution < -0.4 is 4.90 Å². The Kier molecular flexibility index (Phi) is 2.71. The second-order valence-corrected chi connectivity index (χ2v) is 4.78. The zero-order valence-corrected chi connectivity index (χ0v) is 11.3. The van der Waals surface area contributed by atoms with Gasteiger partial charge in [-0.3, -0.25) is 0 Å². The molecule has 0 aliphatic rings. The normalized spacial score (nSPS) is 10.9. The Hall–Kier alpha value is -2.36. The van der Waals surface area contributed by atoms with Gasteiger partial charge in [0.25, 0.3) is 0 Å². The minimum absolute atomic E-state index is 0.755. The van der Waals surface area contributed by atoms with E-state index in [1.807, 2.05) is 44.2 Å². The predicted octanol–water partition coefficient (Wildman–Crippen LogP) is 2.70. The summed E-state index contributed by atoms with van der Waals surface area (Å²) in [5.41, 5.74) is 2.22. The van der Waals surface area contributed by atoms with Crippen LogP contribution in [0.2, 0.25) is 0 Å². The number of para-hydroxylation sites is 1. The molecule has 0 spiro atoms. The first-order valence-electron chi connectivity index (χ1n) is 6.22. The number of fused-ring (bicyclic) bond motifs is 1. The molecule has 0 aliphatic heterocycles. The standard InChI is InChI=1S/C15H16N4/c1-18(2)14-8-9-16-15(17-14)13-10-11-6-4-5-7-12(11)19(13)3/h4-10H,1-3H3. The van der Waals surface area contributed by atoms with Crippen molar-refractivity contribution in [2.75, 3.05) is 19.0 Å². The molecule has 4 heteroatoms. The van der Waals surface area contributed by atoms with E-state index in [9.17, 15) is 0 Å². The van der Waals surface area contributed by atoms with Crippen LogP contribution in [0.4, 0.5) is 5.82 Å². The second-order valence-electron chi connectivity index (χ2n) is 4.78. The van der Waals surface area contributed by atoms with E-state index in [4.69, 9.17) is 0 Å². The van der Waals surface area contributed by atoms with Gasteiger partial charge in [0.15, 0.2) is 5.82 Å². The molecule has 0 atom stereocenters. The molecule has 96 valence electrons. The molecule has 1 aromatic carbocycles. The quantitative estimate of drug-likeness (QED) is 0.703. The van der Waals surface area contributed by atoms with Crippen molar-refractivity contribution in [3.63, 3.8) is 0 Å². The Labute approximate surface area is 112 Å². The Balaban J connectivity index is 2.19. The summed E-state index contributed by atoms with van der Waals surface area (Å²) in [5, 5.41) is 1.21. The summed E-state index contributed by atoms with van der Waals surface area (Å²) in [5.74, 6) is 1.67. The van der Waals surface area contributed by atoms with Gasteiger partial charge < -0.3 is 9.47 Å². The van der Waals surface area contributed by atoms with Crippen molar-refractivity contribution in [1.82, 2.24) is 14.5 Å². The molecule has 0 radical (unpaired) electrons. The van der Waals surface area contributed by atoms with Gasteiger partial charge >= 0.3 is 0 Å². The third-order valence-electron chi connectivity index (χ3n) is 3.28. The number of nitrogens with zero attached hydrogens (tertiary/aromatic N) is 4. The van der Waals surface area contributed by atoms with E-state index in [0.717, 1.165) is 17.3 Å². The van der Waals surface area contributed by atoms with E-state index in [0.29, 0.717) is 0 Å². The summed E-state index contributed by atoms with van der Waals surface area (Å²) >= 11 is 0. The van der Waals surface area contributed by atoms with Gasteiger partial charge in [-0.2, -0.15) is 0 Å². The molecule has 0 fully saturated rings. The van der Waals surface area contributed by atoms with Gasteiger partial charge in [-0.15, -0.1) is 0 Å². The maximum Gasteiger partial charge on any atom is 0.178 e. The van der Waals surface area contributed by atoms with Crippen molar-refractivity contribution in [3.8, 4) is 11.5 Å². The molecule has 0 amide bonds. The lowest BCUT2D eigenvalue weighted by Crippen LogP contribution is -2.11. The summed E-state index contributed by atoms with van der Waals surface area (Å²) in [6.45, 7) is 0. The maximum atomic E-state index is 4.59. The fourth-order valence-electron chi connectivity index (χ4n) is 2.23. The topological polar surface area (TPSA) is 34.0 Å². The van der Waals surface area contributed by atoms with E-state index < -0.39 is 0 Å². The van der Waals surface area contributed by atoms with Crippen LogP contribution in [-0.2, 0) is 7.05 Å². The Morgan fingerprint density at radius 2 is 1.89 bits per heavy atom. The second kappa shape index (κ2) is 4.39. The van der Waals surface area contributed by atoms with E-state index in [2.05, 4.69) is 32.7 Å². The van der Waals surface area contributed by atoms with Gasteiger partial charge in [-0.25, -0.2) is 9.97 Å². The number of anilines is 1. The van der Waals surface area contributed by atoms with Crippen molar-refractivity contribution in [2.24, 2.45) is 7.05 Å². The Morgan fingerprint density at radius 1 is 1.11 bits per heavy atom. The van der Waals surface area contributed by atoms with Gasteiger partial charge in [0.2, 0.25) is 0 Å². The van der Waals surface area contributed by atoms with Crippen LogP contribution in [0.15, 0.2) is 42.6 Å². The molecule has 2 heterocycles. The molecule has 0 aliphatic carbocycles. The number of hydrogen-bond acceptors (Lipinski definition) is 3. The van der Waals surface area contributed by atoms with Crippen LogP contribution in [0.1, 0.15) is 0 Å². The molecule has 0 saturated heterocycles. The maximum absolute atomic E-state index is 4.59. The van der Waals surface area contributed by atoms with Gasteiger partial charge in [-0.05, 0) is 18.2 Å². The molecular weight excluding hydrogens is 236 g/mol. The number of aryl methyl sites for hydroxylation is 1. The Bertz CT molecular complexity index is 728. The summed E-state index contributed by atoms with van der Waals surface area (Å²) < 4.78 is 2.13. The van der Waals surface area contributed by atoms with Crippen LogP contribution in [0.25, 0.3) is 22.4 Å². The van der Waals surface area contributed by atoms with Crippen molar-refractivity contribution in [3.05, 3.63) is 42.6 Å². The van der Waals surface area contributed by atoms with E-state index >= 15 is 0 Å².